The van der Waals surface area contributed by atoms with Crippen LogP contribution in [0.15, 0.2) is 0 Å². The first-order valence-corrected chi connectivity index (χ1v) is 5.03. The summed E-state index contributed by atoms with van der Waals surface area (Å²) in [6.07, 6.45) is 5.46. The van der Waals surface area contributed by atoms with Gasteiger partial charge in [0.05, 0.1) is 0 Å². The van der Waals surface area contributed by atoms with Gasteiger partial charge in [0.25, 0.3) is 0 Å². The van der Waals surface area contributed by atoms with Crippen LogP contribution in [-0.2, 0) is 0 Å². The van der Waals surface area contributed by atoms with Gasteiger partial charge >= 0.3 is 23.1 Å². The van der Waals surface area contributed by atoms with Crippen molar-refractivity contribution in [3.8, 4) is 0 Å². The molecule has 0 aromatic carbocycles. The van der Waals surface area contributed by atoms with Crippen molar-refractivity contribution in [2.24, 2.45) is 5.92 Å². The van der Waals surface area contributed by atoms with Gasteiger partial charge in [0.15, 0.2) is 0 Å². The third-order valence-corrected chi connectivity index (χ3v) is 2.68. The molecule has 0 nitrogen and oxygen atoms in total. The zero-order chi connectivity index (χ0) is 7.11. The van der Waals surface area contributed by atoms with Crippen LogP contribution >= 0.6 is 15.9 Å². The summed E-state index contributed by atoms with van der Waals surface area (Å²) in [5, 5.41) is 1.18. The molecule has 0 rings (SSSR count). The van der Waals surface area contributed by atoms with E-state index in [1.54, 1.807) is 0 Å². The van der Waals surface area contributed by atoms with Crippen LogP contribution in [0.3, 0.4) is 0 Å². The van der Waals surface area contributed by atoms with Crippen molar-refractivity contribution in [3.63, 3.8) is 0 Å². The summed E-state index contributed by atoms with van der Waals surface area (Å²) in [6.45, 7) is 4.52. The zero-order valence-corrected chi connectivity index (χ0v) is 8.08. The van der Waals surface area contributed by atoms with Gasteiger partial charge in [0, 0.05) is 5.33 Å². The maximum absolute atomic E-state index is 3.51. The summed E-state index contributed by atoms with van der Waals surface area (Å²) in [7, 11) is 0. The highest BCUT2D eigenvalue weighted by Gasteiger charge is 2.01. The molecule has 0 aromatic rings. The summed E-state index contributed by atoms with van der Waals surface area (Å²) in [4.78, 5) is 0. The Morgan fingerprint density at radius 2 is 1.90 bits per heavy atom. The Morgan fingerprint density at radius 3 is 2.20 bits per heavy atom. The van der Waals surface area contributed by atoms with E-state index in [1.807, 2.05) is 0 Å². The number of hydrogen-bond acceptors (Lipinski definition) is 0. The average Bonchev–Trinajstić information content (AvgIpc) is 1.91. The molecular weight excluding hydrogens is 200 g/mol. The largest absolute Gasteiger partial charge is 0.316 e. The highest BCUT2D eigenvalue weighted by atomic mass is 79.9. The SMILES string of the molecule is CCCCC(CC)CBr.[MgH2]. The second kappa shape index (κ2) is 10.2. The van der Waals surface area contributed by atoms with Crippen LogP contribution in [0.5, 0.6) is 0 Å². The normalized spacial score (nSPS) is 12.3. The van der Waals surface area contributed by atoms with E-state index in [0.717, 1.165) is 5.92 Å². The van der Waals surface area contributed by atoms with E-state index in [0.29, 0.717) is 0 Å². The molecule has 0 aromatic heterocycles. The standard InChI is InChI=1S/C8H17Br.Mg.2H/c1-3-5-6-8(4-2)7-9;;;/h8H,3-7H2,1-2H3;;;. The number of unbranched alkanes of at least 4 members (excludes halogenated alkanes) is 1. The van der Waals surface area contributed by atoms with Crippen LogP contribution in [-0.4, -0.2) is 28.4 Å². The van der Waals surface area contributed by atoms with E-state index in [2.05, 4.69) is 29.8 Å². The van der Waals surface area contributed by atoms with Crippen molar-refractivity contribution in [3.05, 3.63) is 0 Å². The minimum absolute atomic E-state index is 0. The first-order chi connectivity index (χ1) is 4.35. The molecule has 60 valence electrons. The van der Waals surface area contributed by atoms with Gasteiger partial charge < -0.3 is 0 Å². The molecule has 0 spiro atoms. The van der Waals surface area contributed by atoms with Crippen LogP contribution in [0.4, 0.5) is 0 Å². The predicted molar refractivity (Wildman–Crippen MR) is 55.6 cm³/mol. The Kier molecular flexibility index (Phi) is 14.2. The van der Waals surface area contributed by atoms with Crippen LogP contribution in [0.1, 0.15) is 39.5 Å². The Labute approximate surface area is 89.4 Å². The molecule has 1 atom stereocenters. The number of hydrogen-bond donors (Lipinski definition) is 0. The Balaban J connectivity index is 0. The molecule has 0 aliphatic rings. The topological polar surface area (TPSA) is 0 Å². The summed E-state index contributed by atoms with van der Waals surface area (Å²) < 4.78 is 0. The lowest BCUT2D eigenvalue weighted by atomic mass is 10.0. The lowest BCUT2D eigenvalue weighted by Crippen LogP contribution is -1.98. The van der Waals surface area contributed by atoms with E-state index in [9.17, 15) is 0 Å². The van der Waals surface area contributed by atoms with Gasteiger partial charge in [-0.1, -0.05) is 49.0 Å². The summed E-state index contributed by atoms with van der Waals surface area (Å²) in [5.41, 5.74) is 0. The molecule has 0 heterocycles. The maximum Gasteiger partial charge on any atom is 0.316 e. The molecule has 0 bridgehead atoms. The molecule has 0 radical (unpaired) electrons. The molecule has 0 aliphatic carbocycles. The summed E-state index contributed by atoms with van der Waals surface area (Å²) in [5.74, 6) is 0.921. The minimum Gasteiger partial charge on any atom is -0.0925 e. The Bertz CT molecular complexity index is 53.2. The lowest BCUT2D eigenvalue weighted by Gasteiger charge is -2.08. The lowest BCUT2D eigenvalue weighted by molar-refractivity contribution is 0.502. The molecule has 0 saturated heterocycles. The number of halogens is 1. The quantitative estimate of drug-likeness (QED) is 0.493. The zero-order valence-electron chi connectivity index (χ0n) is 6.49. The van der Waals surface area contributed by atoms with E-state index >= 15 is 0 Å². The average molecular weight is 219 g/mol. The van der Waals surface area contributed by atoms with Crippen LogP contribution < -0.4 is 0 Å². The third kappa shape index (κ3) is 7.35. The maximum atomic E-state index is 3.51. The third-order valence-electron chi connectivity index (χ3n) is 1.76. The highest BCUT2D eigenvalue weighted by Crippen LogP contribution is 2.14. The van der Waals surface area contributed by atoms with E-state index < -0.39 is 0 Å². The van der Waals surface area contributed by atoms with Gasteiger partial charge in [-0.05, 0) is 12.3 Å². The Hall–Kier alpha value is 1.25. The van der Waals surface area contributed by atoms with E-state index in [1.165, 1.54) is 31.0 Å². The van der Waals surface area contributed by atoms with Crippen LogP contribution in [0.25, 0.3) is 0 Å². The van der Waals surface area contributed by atoms with Crippen LogP contribution in [0, 0.1) is 5.92 Å². The van der Waals surface area contributed by atoms with E-state index in [4.69, 9.17) is 0 Å². The van der Waals surface area contributed by atoms with Crippen molar-refractivity contribution in [1.29, 1.82) is 0 Å². The monoisotopic (exact) mass is 218 g/mol. The van der Waals surface area contributed by atoms with Crippen molar-refractivity contribution in [1.82, 2.24) is 0 Å². The van der Waals surface area contributed by atoms with Crippen molar-refractivity contribution >= 4 is 39.0 Å². The van der Waals surface area contributed by atoms with Gasteiger partial charge in [-0.15, -0.1) is 0 Å². The number of alkyl halides is 1. The van der Waals surface area contributed by atoms with Gasteiger partial charge in [-0.3, -0.25) is 0 Å². The first-order valence-electron chi connectivity index (χ1n) is 3.91. The fraction of sp³-hybridized carbons (Fsp3) is 1.00. The van der Waals surface area contributed by atoms with Gasteiger partial charge in [0.1, 0.15) is 0 Å². The van der Waals surface area contributed by atoms with Gasteiger partial charge in [-0.25, -0.2) is 0 Å². The van der Waals surface area contributed by atoms with Crippen molar-refractivity contribution in [2.75, 3.05) is 5.33 Å². The molecular formula is C8H19BrMg. The molecule has 0 aliphatic heterocycles. The molecule has 1 unspecified atom stereocenters. The first kappa shape index (κ1) is 13.8. The fourth-order valence-corrected chi connectivity index (χ4v) is 1.66. The molecule has 0 fully saturated rings. The molecule has 0 saturated carbocycles. The highest BCUT2D eigenvalue weighted by molar-refractivity contribution is 9.09. The molecule has 0 N–H and O–H groups in total. The second-order valence-corrected chi connectivity index (χ2v) is 3.22. The van der Waals surface area contributed by atoms with Gasteiger partial charge in [-0.2, -0.15) is 0 Å². The minimum atomic E-state index is 0. The predicted octanol–water partition coefficient (Wildman–Crippen LogP) is 2.68. The smallest absolute Gasteiger partial charge is 0.0925 e. The van der Waals surface area contributed by atoms with Crippen molar-refractivity contribution in [2.45, 2.75) is 39.5 Å². The van der Waals surface area contributed by atoms with Gasteiger partial charge in [0.2, 0.25) is 0 Å². The molecule has 0 amide bonds. The molecule has 2 heteroatoms. The Morgan fingerprint density at radius 1 is 1.30 bits per heavy atom. The molecule has 10 heavy (non-hydrogen) atoms. The fourth-order valence-electron chi connectivity index (χ4n) is 0.883. The number of rotatable bonds is 5. The van der Waals surface area contributed by atoms with Crippen molar-refractivity contribution < 1.29 is 0 Å². The second-order valence-electron chi connectivity index (χ2n) is 2.57. The summed E-state index contributed by atoms with van der Waals surface area (Å²) >= 11 is 3.51. The van der Waals surface area contributed by atoms with Crippen LogP contribution in [0.2, 0.25) is 0 Å². The summed E-state index contributed by atoms with van der Waals surface area (Å²) in [6, 6.07) is 0. The van der Waals surface area contributed by atoms with E-state index in [-0.39, 0.29) is 23.1 Å².